The number of aromatic nitrogens is 2. The highest BCUT2D eigenvalue weighted by molar-refractivity contribution is 6.31. The number of rotatable bonds is 8. The van der Waals surface area contributed by atoms with Crippen LogP contribution in [0.1, 0.15) is 40.9 Å². The van der Waals surface area contributed by atoms with E-state index < -0.39 is 18.5 Å². The third kappa shape index (κ3) is 6.02. The molecule has 8 nitrogen and oxygen atoms in total. The molecule has 9 heteroatoms. The molecule has 2 aromatic carbocycles. The Hall–Kier alpha value is -3.78. The highest BCUT2D eigenvalue weighted by Crippen LogP contribution is 2.34. The lowest BCUT2D eigenvalue weighted by Crippen LogP contribution is -2.30. The first-order chi connectivity index (χ1) is 16.8. The molecule has 0 saturated heterocycles. The number of carbonyl (C=O) groups is 2. The number of benzene rings is 2. The van der Waals surface area contributed by atoms with Crippen LogP contribution in [0.2, 0.25) is 5.15 Å². The molecule has 0 bridgehead atoms. The molecule has 1 aromatic heterocycles. The predicted octanol–water partition coefficient (Wildman–Crippen LogP) is 4.36. The minimum Gasteiger partial charge on any atom is -0.454 e. The van der Waals surface area contributed by atoms with Crippen LogP contribution in [0.3, 0.4) is 0 Å². The zero-order chi connectivity index (χ0) is 24.9. The van der Waals surface area contributed by atoms with Crippen molar-refractivity contribution in [2.24, 2.45) is 0 Å². The van der Waals surface area contributed by atoms with Crippen LogP contribution in [0.25, 0.3) is 6.08 Å². The fourth-order valence-electron chi connectivity index (χ4n) is 3.61. The Labute approximate surface area is 208 Å². The van der Waals surface area contributed by atoms with Gasteiger partial charge in [0.25, 0.3) is 5.91 Å². The summed E-state index contributed by atoms with van der Waals surface area (Å²) in [5, 5.41) is 7.68. The van der Waals surface area contributed by atoms with Gasteiger partial charge in [0.1, 0.15) is 5.15 Å². The van der Waals surface area contributed by atoms with Crippen LogP contribution < -0.4 is 14.8 Å². The maximum Gasteiger partial charge on any atom is 0.331 e. The summed E-state index contributed by atoms with van der Waals surface area (Å²) in [6.45, 7) is 5.96. The predicted molar refractivity (Wildman–Crippen MR) is 131 cm³/mol. The van der Waals surface area contributed by atoms with Crippen molar-refractivity contribution in [3.63, 3.8) is 0 Å². The summed E-state index contributed by atoms with van der Waals surface area (Å²) in [5.74, 6) is 0.231. The first-order valence-electron chi connectivity index (χ1n) is 11.1. The molecule has 0 spiro atoms. The second kappa shape index (κ2) is 10.7. The first kappa shape index (κ1) is 24.3. The maximum absolute atomic E-state index is 12.2. The highest BCUT2D eigenvalue weighted by Gasteiger charge is 2.17. The van der Waals surface area contributed by atoms with E-state index in [2.05, 4.69) is 10.4 Å². The minimum atomic E-state index is -0.655. The largest absolute Gasteiger partial charge is 0.454 e. The summed E-state index contributed by atoms with van der Waals surface area (Å²) in [6, 6.07) is 13.3. The molecule has 0 fully saturated rings. The molecular weight excluding hydrogens is 470 g/mol. The van der Waals surface area contributed by atoms with Crippen molar-refractivity contribution in [3.8, 4) is 11.5 Å². The van der Waals surface area contributed by atoms with E-state index in [1.165, 1.54) is 11.6 Å². The molecule has 1 N–H and O–H groups in total. The average Bonchev–Trinajstić information content (AvgIpc) is 3.41. The average molecular weight is 496 g/mol. The van der Waals surface area contributed by atoms with Crippen LogP contribution in [0.5, 0.6) is 11.5 Å². The van der Waals surface area contributed by atoms with Gasteiger partial charge in [-0.25, -0.2) is 9.48 Å². The summed E-state index contributed by atoms with van der Waals surface area (Å²) in [7, 11) is 0. The van der Waals surface area contributed by atoms with Crippen molar-refractivity contribution in [2.45, 2.75) is 33.4 Å². The molecule has 2 heterocycles. The number of aryl methyl sites for hydroxylation is 2. The van der Waals surface area contributed by atoms with Gasteiger partial charge in [-0.1, -0.05) is 47.5 Å². The molecule has 1 aliphatic heterocycles. The maximum atomic E-state index is 12.2. The van der Waals surface area contributed by atoms with E-state index in [4.69, 9.17) is 25.8 Å². The monoisotopic (exact) mass is 495 g/mol. The standard InChI is InChI=1S/C26H26ClN3O5/c1-16-4-6-19(7-5-16)13-30-26(27)21(18(3)29-30)9-11-25(32)33-14-24(31)28-17(2)20-8-10-22-23(12-20)35-15-34-22/h4-12,17H,13-15H2,1-3H3,(H,28,31)/b11-9+. The number of esters is 1. The number of fused-ring (bicyclic) bond motifs is 1. The molecule has 1 atom stereocenters. The topological polar surface area (TPSA) is 91.7 Å². The van der Waals surface area contributed by atoms with Crippen LogP contribution in [0.4, 0.5) is 0 Å². The third-order valence-corrected chi connectivity index (χ3v) is 5.97. The lowest BCUT2D eigenvalue weighted by Gasteiger charge is -2.14. The lowest BCUT2D eigenvalue weighted by molar-refractivity contribution is -0.144. The first-order valence-corrected chi connectivity index (χ1v) is 11.5. The van der Waals surface area contributed by atoms with Crippen molar-refractivity contribution in [2.75, 3.05) is 13.4 Å². The minimum absolute atomic E-state index is 0.182. The normalized spacial score (nSPS) is 13.1. The Bertz CT molecular complexity index is 1270. The van der Waals surface area contributed by atoms with Gasteiger partial charge < -0.3 is 19.5 Å². The van der Waals surface area contributed by atoms with Gasteiger partial charge in [0.2, 0.25) is 6.79 Å². The van der Waals surface area contributed by atoms with Gasteiger partial charge in [-0.2, -0.15) is 5.10 Å². The molecule has 35 heavy (non-hydrogen) atoms. The number of ether oxygens (including phenoxy) is 3. The molecule has 0 radical (unpaired) electrons. The zero-order valence-corrected chi connectivity index (χ0v) is 20.5. The fourth-order valence-corrected chi connectivity index (χ4v) is 3.91. The van der Waals surface area contributed by atoms with Gasteiger partial charge in [-0.15, -0.1) is 0 Å². The van der Waals surface area contributed by atoms with Crippen LogP contribution in [-0.2, 0) is 20.9 Å². The van der Waals surface area contributed by atoms with Crippen LogP contribution >= 0.6 is 11.6 Å². The van der Waals surface area contributed by atoms with Crippen molar-refractivity contribution in [1.82, 2.24) is 15.1 Å². The molecule has 4 rings (SSSR count). The molecule has 0 saturated carbocycles. The molecule has 0 aliphatic carbocycles. The van der Waals surface area contributed by atoms with Crippen molar-refractivity contribution >= 4 is 29.6 Å². The van der Waals surface area contributed by atoms with Crippen LogP contribution in [0, 0.1) is 13.8 Å². The number of hydrogen-bond acceptors (Lipinski definition) is 6. The molecule has 1 amide bonds. The van der Waals surface area contributed by atoms with Gasteiger partial charge in [0.05, 0.1) is 18.3 Å². The van der Waals surface area contributed by atoms with E-state index in [9.17, 15) is 9.59 Å². The molecule has 1 aliphatic rings. The number of halogens is 1. The van der Waals surface area contributed by atoms with Crippen LogP contribution in [-0.4, -0.2) is 35.1 Å². The Kier molecular flexibility index (Phi) is 7.41. The quantitative estimate of drug-likeness (QED) is 0.368. The summed E-state index contributed by atoms with van der Waals surface area (Å²) < 4.78 is 17.4. The van der Waals surface area contributed by atoms with Gasteiger partial charge >= 0.3 is 5.97 Å². The van der Waals surface area contributed by atoms with E-state index >= 15 is 0 Å². The summed E-state index contributed by atoms with van der Waals surface area (Å²) in [5.41, 5.74) is 4.39. The van der Waals surface area contributed by atoms with E-state index in [1.807, 2.05) is 57.2 Å². The lowest BCUT2D eigenvalue weighted by atomic mass is 10.1. The van der Waals surface area contributed by atoms with E-state index in [1.54, 1.807) is 16.8 Å². The zero-order valence-electron chi connectivity index (χ0n) is 19.7. The van der Waals surface area contributed by atoms with E-state index in [-0.39, 0.29) is 12.8 Å². The van der Waals surface area contributed by atoms with Gasteiger partial charge in [-0.3, -0.25) is 4.79 Å². The Morgan fingerprint density at radius 3 is 2.69 bits per heavy atom. The van der Waals surface area contributed by atoms with E-state index in [0.29, 0.717) is 34.5 Å². The molecule has 3 aromatic rings. The summed E-state index contributed by atoms with van der Waals surface area (Å²) in [4.78, 5) is 24.4. The second-order valence-electron chi connectivity index (χ2n) is 8.28. The fraction of sp³-hybridized carbons (Fsp3) is 0.269. The number of nitrogens with zero attached hydrogens (tertiary/aromatic N) is 2. The van der Waals surface area contributed by atoms with Gasteiger partial charge in [-0.05, 0) is 50.1 Å². The summed E-state index contributed by atoms with van der Waals surface area (Å²) in [6.07, 6.45) is 2.78. The van der Waals surface area contributed by atoms with Gasteiger partial charge in [0.15, 0.2) is 18.1 Å². The number of nitrogens with one attached hydrogen (secondary N) is 1. The Balaban J connectivity index is 1.29. The molecule has 182 valence electrons. The third-order valence-electron chi connectivity index (χ3n) is 5.57. The van der Waals surface area contributed by atoms with E-state index in [0.717, 1.165) is 11.1 Å². The molecule has 1 unspecified atom stereocenters. The number of carbonyl (C=O) groups excluding carboxylic acids is 2. The van der Waals surface area contributed by atoms with Crippen molar-refractivity contribution in [1.29, 1.82) is 0 Å². The van der Waals surface area contributed by atoms with Gasteiger partial charge in [0, 0.05) is 11.6 Å². The Morgan fingerprint density at radius 1 is 1.17 bits per heavy atom. The number of hydrogen-bond donors (Lipinski definition) is 1. The van der Waals surface area contributed by atoms with Crippen LogP contribution in [0.15, 0.2) is 48.5 Å². The SMILES string of the molecule is Cc1ccc(Cn2nc(C)c(/C=C/C(=O)OCC(=O)NC(C)c3ccc4c(c3)OCO4)c2Cl)cc1. The number of amides is 1. The Morgan fingerprint density at radius 2 is 1.91 bits per heavy atom. The van der Waals surface area contributed by atoms with Crippen molar-refractivity contribution < 1.29 is 23.8 Å². The highest BCUT2D eigenvalue weighted by atomic mass is 35.5. The summed E-state index contributed by atoms with van der Waals surface area (Å²) >= 11 is 6.49. The molecular formula is C26H26ClN3O5. The smallest absolute Gasteiger partial charge is 0.331 e. The second-order valence-corrected chi connectivity index (χ2v) is 8.63. The van der Waals surface area contributed by atoms with Crippen molar-refractivity contribution in [3.05, 3.63) is 81.6 Å².